The van der Waals surface area contributed by atoms with Gasteiger partial charge in [0, 0.05) is 13.1 Å². The molecule has 128 valence electrons. The summed E-state index contributed by atoms with van der Waals surface area (Å²) in [5.74, 6) is 2.39. The zero-order valence-electron chi connectivity index (χ0n) is 14.0. The predicted octanol–water partition coefficient (Wildman–Crippen LogP) is 2.54. The number of benzene rings is 2. The fraction of sp³-hybridized carbons (Fsp3) is 0.286. The molecule has 0 spiro atoms. The molecular formula is C21H21FN2O. The number of nitrogens with one attached hydrogen (secondary N) is 1. The van der Waals surface area contributed by atoms with Gasteiger partial charge in [-0.1, -0.05) is 42.3 Å². The van der Waals surface area contributed by atoms with Gasteiger partial charge in [-0.15, -0.1) is 6.42 Å². The molecule has 1 heterocycles. The summed E-state index contributed by atoms with van der Waals surface area (Å²) in [5, 5.41) is 2.99. The van der Waals surface area contributed by atoms with Crippen molar-refractivity contribution in [2.24, 2.45) is 0 Å². The number of nitrogens with zero attached hydrogens (tertiary/aromatic N) is 1. The normalized spacial score (nSPS) is 16.7. The van der Waals surface area contributed by atoms with Crippen molar-refractivity contribution < 1.29 is 9.18 Å². The summed E-state index contributed by atoms with van der Waals surface area (Å²) in [7, 11) is 0. The predicted molar refractivity (Wildman–Crippen MR) is 96.3 cm³/mol. The second kappa shape index (κ2) is 7.96. The third kappa shape index (κ3) is 4.26. The first kappa shape index (κ1) is 17.2. The van der Waals surface area contributed by atoms with Crippen LogP contribution in [0.4, 0.5) is 4.39 Å². The molecule has 1 N–H and O–H groups in total. The molecule has 4 heteroatoms. The zero-order valence-corrected chi connectivity index (χ0v) is 14.0. The fourth-order valence-electron chi connectivity index (χ4n) is 3.22. The molecule has 0 aromatic heterocycles. The van der Waals surface area contributed by atoms with Crippen molar-refractivity contribution in [1.29, 1.82) is 0 Å². The van der Waals surface area contributed by atoms with E-state index in [1.165, 1.54) is 23.3 Å². The average molecular weight is 336 g/mol. The standard InChI is InChI=1S/C21H21FN2O/c1-2-13-24-15-18-6-4-3-5-17(18)14-20(24)21(25)23-12-11-16-7-9-19(22)10-8-16/h1,3-10,20H,11-15H2,(H,23,25). The molecule has 1 amide bonds. The van der Waals surface area contributed by atoms with Crippen LogP contribution in [-0.4, -0.2) is 29.9 Å². The number of terminal acetylenes is 1. The monoisotopic (exact) mass is 336 g/mol. The molecule has 1 aliphatic heterocycles. The highest BCUT2D eigenvalue weighted by atomic mass is 19.1. The van der Waals surface area contributed by atoms with Crippen LogP contribution in [0, 0.1) is 18.2 Å². The second-order valence-electron chi connectivity index (χ2n) is 6.27. The van der Waals surface area contributed by atoms with Gasteiger partial charge >= 0.3 is 0 Å². The van der Waals surface area contributed by atoms with Crippen LogP contribution in [-0.2, 0) is 24.2 Å². The molecule has 2 aromatic rings. The number of rotatable bonds is 5. The lowest BCUT2D eigenvalue weighted by Gasteiger charge is -2.34. The third-order valence-corrected chi connectivity index (χ3v) is 4.57. The van der Waals surface area contributed by atoms with E-state index in [2.05, 4.69) is 23.4 Å². The van der Waals surface area contributed by atoms with Crippen LogP contribution in [0.5, 0.6) is 0 Å². The van der Waals surface area contributed by atoms with Gasteiger partial charge in [0.05, 0.1) is 12.6 Å². The Kier molecular flexibility index (Phi) is 5.47. The molecule has 1 unspecified atom stereocenters. The van der Waals surface area contributed by atoms with Gasteiger partial charge in [0.15, 0.2) is 0 Å². The van der Waals surface area contributed by atoms with Crippen LogP contribution in [0.15, 0.2) is 48.5 Å². The number of hydrogen-bond donors (Lipinski definition) is 1. The first-order chi connectivity index (χ1) is 12.2. The summed E-state index contributed by atoms with van der Waals surface area (Å²) in [6.07, 6.45) is 6.81. The van der Waals surface area contributed by atoms with Gasteiger partial charge in [-0.2, -0.15) is 0 Å². The van der Waals surface area contributed by atoms with Gasteiger partial charge in [-0.25, -0.2) is 4.39 Å². The van der Waals surface area contributed by atoms with Gasteiger partial charge in [-0.05, 0) is 41.7 Å². The molecule has 25 heavy (non-hydrogen) atoms. The Labute approximate surface area is 147 Å². The highest BCUT2D eigenvalue weighted by Gasteiger charge is 2.30. The summed E-state index contributed by atoms with van der Waals surface area (Å²) in [4.78, 5) is 14.7. The SMILES string of the molecule is C#CCN1Cc2ccccc2CC1C(=O)NCCc1ccc(F)cc1. The van der Waals surface area contributed by atoms with E-state index in [1.807, 2.05) is 17.0 Å². The van der Waals surface area contributed by atoms with Gasteiger partial charge in [0.25, 0.3) is 0 Å². The van der Waals surface area contributed by atoms with E-state index in [1.54, 1.807) is 12.1 Å². The van der Waals surface area contributed by atoms with Crippen molar-refractivity contribution in [3.05, 3.63) is 71.0 Å². The van der Waals surface area contributed by atoms with Gasteiger partial charge in [-0.3, -0.25) is 9.69 Å². The molecule has 3 rings (SSSR count). The average Bonchev–Trinajstić information content (AvgIpc) is 2.63. The molecule has 0 radical (unpaired) electrons. The maximum Gasteiger partial charge on any atom is 0.237 e. The summed E-state index contributed by atoms with van der Waals surface area (Å²) in [5.41, 5.74) is 3.43. The lowest BCUT2D eigenvalue weighted by molar-refractivity contribution is -0.126. The van der Waals surface area contributed by atoms with Crippen molar-refractivity contribution in [2.75, 3.05) is 13.1 Å². The Morgan fingerprint density at radius 1 is 1.20 bits per heavy atom. The highest BCUT2D eigenvalue weighted by Crippen LogP contribution is 2.23. The zero-order chi connectivity index (χ0) is 17.6. The van der Waals surface area contributed by atoms with E-state index in [0.717, 1.165) is 5.56 Å². The molecule has 1 aliphatic rings. The van der Waals surface area contributed by atoms with Crippen molar-refractivity contribution >= 4 is 5.91 Å². The lowest BCUT2D eigenvalue weighted by atomic mass is 9.93. The van der Waals surface area contributed by atoms with Crippen LogP contribution in [0.25, 0.3) is 0 Å². The summed E-state index contributed by atoms with van der Waals surface area (Å²) >= 11 is 0. The van der Waals surface area contributed by atoms with Gasteiger partial charge in [0.2, 0.25) is 5.91 Å². The molecule has 0 aliphatic carbocycles. The maximum absolute atomic E-state index is 12.9. The van der Waals surface area contributed by atoms with Crippen LogP contribution >= 0.6 is 0 Å². The minimum absolute atomic E-state index is 0.00753. The van der Waals surface area contributed by atoms with Crippen molar-refractivity contribution in [3.63, 3.8) is 0 Å². The van der Waals surface area contributed by atoms with E-state index >= 15 is 0 Å². The van der Waals surface area contributed by atoms with E-state index in [9.17, 15) is 9.18 Å². The van der Waals surface area contributed by atoms with Crippen LogP contribution < -0.4 is 5.32 Å². The summed E-state index contributed by atoms with van der Waals surface area (Å²) < 4.78 is 12.9. The molecule has 0 bridgehead atoms. The number of halogens is 1. The van der Waals surface area contributed by atoms with E-state index in [-0.39, 0.29) is 17.8 Å². The molecule has 1 atom stereocenters. The molecule has 3 nitrogen and oxygen atoms in total. The minimum Gasteiger partial charge on any atom is -0.354 e. The van der Waals surface area contributed by atoms with Crippen LogP contribution in [0.1, 0.15) is 16.7 Å². The molecule has 0 fully saturated rings. The third-order valence-electron chi connectivity index (χ3n) is 4.57. The van der Waals surface area contributed by atoms with Crippen molar-refractivity contribution in [2.45, 2.75) is 25.4 Å². The Bertz CT molecular complexity index is 779. The Morgan fingerprint density at radius 2 is 1.92 bits per heavy atom. The van der Waals surface area contributed by atoms with Crippen LogP contribution in [0.2, 0.25) is 0 Å². The number of carbonyl (C=O) groups excluding carboxylic acids is 1. The summed E-state index contributed by atoms with van der Waals surface area (Å²) in [6.45, 7) is 1.66. The largest absolute Gasteiger partial charge is 0.354 e. The molecule has 0 saturated heterocycles. The summed E-state index contributed by atoms with van der Waals surface area (Å²) in [6, 6.07) is 14.3. The van der Waals surface area contributed by atoms with E-state index < -0.39 is 0 Å². The molecular weight excluding hydrogens is 315 g/mol. The smallest absolute Gasteiger partial charge is 0.237 e. The second-order valence-corrected chi connectivity index (χ2v) is 6.27. The topological polar surface area (TPSA) is 32.3 Å². The van der Waals surface area contributed by atoms with Crippen molar-refractivity contribution in [1.82, 2.24) is 10.2 Å². The number of hydrogen-bond acceptors (Lipinski definition) is 2. The Morgan fingerprint density at radius 3 is 2.64 bits per heavy atom. The van der Waals surface area contributed by atoms with Crippen LogP contribution in [0.3, 0.4) is 0 Å². The van der Waals surface area contributed by atoms with E-state index in [4.69, 9.17) is 6.42 Å². The number of carbonyl (C=O) groups is 1. The minimum atomic E-state index is -0.251. The van der Waals surface area contributed by atoms with E-state index in [0.29, 0.717) is 32.5 Å². The Hall–Kier alpha value is -2.64. The van der Waals surface area contributed by atoms with Gasteiger partial charge < -0.3 is 5.32 Å². The highest BCUT2D eigenvalue weighted by molar-refractivity contribution is 5.82. The molecule has 0 saturated carbocycles. The quantitative estimate of drug-likeness (QED) is 0.851. The fourth-order valence-corrected chi connectivity index (χ4v) is 3.22. The maximum atomic E-state index is 12.9. The van der Waals surface area contributed by atoms with Crippen molar-refractivity contribution in [3.8, 4) is 12.3 Å². The lowest BCUT2D eigenvalue weighted by Crippen LogP contribution is -2.50. The number of amides is 1. The first-order valence-corrected chi connectivity index (χ1v) is 8.44. The first-order valence-electron chi connectivity index (χ1n) is 8.44. The van der Waals surface area contributed by atoms with Gasteiger partial charge in [0.1, 0.15) is 5.82 Å². The number of fused-ring (bicyclic) bond motifs is 1. The molecule has 2 aromatic carbocycles. The Balaban J connectivity index is 1.61.